The van der Waals surface area contributed by atoms with Crippen molar-refractivity contribution >= 4 is 40.3 Å². The van der Waals surface area contributed by atoms with Gasteiger partial charge in [0.25, 0.3) is 0 Å². The Balaban J connectivity index is 2.03. The van der Waals surface area contributed by atoms with E-state index >= 15 is 0 Å². The third kappa shape index (κ3) is 3.68. The van der Waals surface area contributed by atoms with E-state index in [1.54, 1.807) is 6.07 Å². The van der Waals surface area contributed by atoms with Crippen LogP contribution in [0.15, 0.2) is 6.07 Å². The first kappa shape index (κ1) is 15.2. The number of carbonyl (C=O) groups is 1. The largest absolute Gasteiger partial charge is 0.394 e. The van der Waals surface area contributed by atoms with Gasteiger partial charge in [0.1, 0.15) is 4.34 Å². The molecule has 0 saturated carbocycles. The number of halogens is 2. The van der Waals surface area contributed by atoms with Crippen LogP contribution in [-0.4, -0.2) is 54.2 Å². The van der Waals surface area contributed by atoms with Gasteiger partial charge in [-0.15, -0.1) is 11.3 Å². The van der Waals surface area contributed by atoms with Gasteiger partial charge < -0.3 is 9.84 Å². The standard InChI is InChI=1S/C12H15Cl2NO3S/c1-7-6-18-8(5-16)3-15(7)4-10(17)9-2-11(13)19-12(9)14/h2,7-8,16H,3-6H2,1H3. The Hall–Kier alpha value is -0.170. The molecule has 1 aromatic heterocycles. The molecule has 2 unspecified atom stereocenters. The van der Waals surface area contributed by atoms with E-state index in [4.69, 9.17) is 33.0 Å². The Morgan fingerprint density at radius 3 is 2.95 bits per heavy atom. The molecular formula is C12H15Cl2NO3S. The van der Waals surface area contributed by atoms with E-state index in [9.17, 15) is 4.79 Å². The zero-order valence-electron chi connectivity index (χ0n) is 10.4. The van der Waals surface area contributed by atoms with Gasteiger partial charge in [0.15, 0.2) is 5.78 Å². The molecule has 4 nitrogen and oxygen atoms in total. The van der Waals surface area contributed by atoms with Crippen LogP contribution in [0.1, 0.15) is 17.3 Å². The minimum absolute atomic E-state index is 0.0392. The first-order valence-corrected chi connectivity index (χ1v) is 7.53. The Labute approximate surface area is 125 Å². The summed E-state index contributed by atoms with van der Waals surface area (Å²) in [5.74, 6) is -0.0569. The number of aliphatic hydroxyl groups excluding tert-OH is 1. The Morgan fingerprint density at radius 2 is 2.37 bits per heavy atom. The minimum atomic E-state index is -0.231. The van der Waals surface area contributed by atoms with Gasteiger partial charge in [-0.25, -0.2) is 0 Å². The molecule has 1 aliphatic rings. The van der Waals surface area contributed by atoms with Crippen LogP contribution in [0, 0.1) is 0 Å². The van der Waals surface area contributed by atoms with Crippen molar-refractivity contribution in [1.29, 1.82) is 0 Å². The van der Waals surface area contributed by atoms with Gasteiger partial charge in [-0.3, -0.25) is 9.69 Å². The molecule has 0 spiro atoms. The quantitative estimate of drug-likeness (QED) is 0.864. The summed E-state index contributed by atoms with van der Waals surface area (Å²) in [6.45, 7) is 3.26. The normalized spacial score (nSPS) is 24.6. The van der Waals surface area contributed by atoms with Crippen molar-refractivity contribution in [3.8, 4) is 0 Å². The average Bonchev–Trinajstić information content (AvgIpc) is 2.71. The summed E-state index contributed by atoms with van der Waals surface area (Å²) in [6.07, 6.45) is -0.231. The van der Waals surface area contributed by atoms with Crippen LogP contribution >= 0.6 is 34.5 Å². The van der Waals surface area contributed by atoms with Crippen molar-refractivity contribution in [3.63, 3.8) is 0 Å². The fraction of sp³-hybridized carbons (Fsp3) is 0.583. The second kappa shape index (κ2) is 6.52. The number of hydrogen-bond donors (Lipinski definition) is 1. The molecule has 0 aromatic carbocycles. The molecule has 0 bridgehead atoms. The molecule has 1 aromatic rings. The number of thiophene rings is 1. The lowest BCUT2D eigenvalue weighted by molar-refractivity contribution is -0.0747. The number of carbonyl (C=O) groups excluding carboxylic acids is 1. The number of aliphatic hydroxyl groups is 1. The Bertz CT molecular complexity index is 466. The number of ether oxygens (including phenoxy) is 1. The van der Waals surface area contributed by atoms with Gasteiger partial charge in [0, 0.05) is 12.6 Å². The van der Waals surface area contributed by atoms with Gasteiger partial charge in [0.05, 0.1) is 35.8 Å². The number of Topliss-reactive ketones (excluding diaryl/α,β-unsaturated/α-hetero) is 1. The number of nitrogens with zero attached hydrogens (tertiary/aromatic N) is 1. The van der Waals surface area contributed by atoms with Crippen LogP contribution in [0.4, 0.5) is 0 Å². The molecule has 1 aliphatic heterocycles. The topological polar surface area (TPSA) is 49.8 Å². The number of rotatable bonds is 4. The summed E-state index contributed by atoms with van der Waals surface area (Å²) in [7, 11) is 0. The maximum Gasteiger partial charge on any atom is 0.179 e. The van der Waals surface area contributed by atoms with E-state index in [1.807, 2.05) is 11.8 Å². The molecule has 2 atom stereocenters. The van der Waals surface area contributed by atoms with Gasteiger partial charge in [0.2, 0.25) is 0 Å². The molecule has 1 fully saturated rings. The van der Waals surface area contributed by atoms with Crippen molar-refractivity contribution in [2.24, 2.45) is 0 Å². The molecule has 7 heteroatoms. The van der Waals surface area contributed by atoms with Crippen LogP contribution in [-0.2, 0) is 4.74 Å². The second-order valence-corrected chi connectivity index (χ2v) is 6.86. The van der Waals surface area contributed by atoms with Gasteiger partial charge >= 0.3 is 0 Å². The highest BCUT2D eigenvalue weighted by molar-refractivity contribution is 7.20. The Kier molecular flexibility index (Phi) is 5.22. The van der Waals surface area contributed by atoms with Crippen molar-refractivity contribution < 1.29 is 14.6 Å². The second-order valence-electron chi connectivity index (χ2n) is 4.58. The van der Waals surface area contributed by atoms with Crippen LogP contribution in [0.3, 0.4) is 0 Å². The zero-order chi connectivity index (χ0) is 14.0. The molecule has 0 radical (unpaired) electrons. The monoisotopic (exact) mass is 323 g/mol. The molecular weight excluding hydrogens is 309 g/mol. The van der Waals surface area contributed by atoms with Crippen molar-refractivity contribution in [1.82, 2.24) is 4.90 Å². The fourth-order valence-corrected chi connectivity index (χ4v) is 3.50. The summed E-state index contributed by atoms with van der Waals surface area (Å²) in [6, 6.07) is 1.74. The smallest absolute Gasteiger partial charge is 0.179 e. The predicted octanol–water partition coefficient (Wildman–Crippen LogP) is 2.32. The summed E-state index contributed by atoms with van der Waals surface area (Å²) in [5, 5.41) is 9.12. The lowest BCUT2D eigenvalue weighted by atomic mass is 10.1. The lowest BCUT2D eigenvalue weighted by Crippen LogP contribution is -2.51. The van der Waals surface area contributed by atoms with E-state index < -0.39 is 0 Å². The van der Waals surface area contributed by atoms with Crippen molar-refractivity contribution in [2.45, 2.75) is 19.1 Å². The maximum absolute atomic E-state index is 12.2. The average molecular weight is 324 g/mol. The third-order valence-corrected chi connectivity index (χ3v) is 4.63. The highest BCUT2D eigenvalue weighted by Crippen LogP contribution is 2.31. The van der Waals surface area contributed by atoms with E-state index in [0.29, 0.717) is 27.4 Å². The molecule has 1 saturated heterocycles. The van der Waals surface area contributed by atoms with Crippen molar-refractivity contribution in [3.05, 3.63) is 20.3 Å². The van der Waals surface area contributed by atoms with E-state index in [2.05, 4.69) is 0 Å². The zero-order valence-corrected chi connectivity index (χ0v) is 12.8. The Morgan fingerprint density at radius 1 is 1.63 bits per heavy atom. The van der Waals surface area contributed by atoms with Crippen LogP contribution in [0.25, 0.3) is 0 Å². The van der Waals surface area contributed by atoms with Crippen LogP contribution in [0.5, 0.6) is 0 Å². The summed E-state index contributed by atoms with van der Waals surface area (Å²) in [4.78, 5) is 14.2. The van der Waals surface area contributed by atoms with Gasteiger partial charge in [-0.2, -0.15) is 0 Å². The number of ketones is 1. The van der Waals surface area contributed by atoms with Crippen LogP contribution < -0.4 is 0 Å². The third-order valence-electron chi connectivity index (χ3n) is 3.14. The predicted molar refractivity (Wildman–Crippen MR) is 76.5 cm³/mol. The highest BCUT2D eigenvalue weighted by Gasteiger charge is 2.28. The minimum Gasteiger partial charge on any atom is -0.394 e. The first-order chi connectivity index (χ1) is 9.01. The summed E-state index contributed by atoms with van der Waals surface area (Å²) < 4.78 is 6.37. The van der Waals surface area contributed by atoms with Gasteiger partial charge in [-0.05, 0) is 13.0 Å². The van der Waals surface area contributed by atoms with E-state index in [1.165, 1.54) is 11.3 Å². The van der Waals surface area contributed by atoms with Gasteiger partial charge in [-0.1, -0.05) is 23.2 Å². The molecule has 2 rings (SSSR count). The maximum atomic E-state index is 12.2. The van der Waals surface area contributed by atoms with E-state index in [0.717, 1.165) is 0 Å². The van der Waals surface area contributed by atoms with E-state index in [-0.39, 0.29) is 31.1 Å². The fourth-order valence-electron chi connectivity index (χ4n) is 2.01. The molecule has 0 amide bonds. The molecule has 106 valence electrons. The number of hydrogen-bond acceptors (Lipinski definition) is 5. The first-order valence-electron chi connectivity index (χ1n) is 5.95. The SMILES string of the molecule is CC1COC(CO)CN1CC(=O)c1cc(Cl)sc1Cl. The number of morpholine rings is 1. The molecule has 1 N–H and O–H groups in total. The van der Waals surface area contributed by atoms with Crippen molar-refractivity contribution in [2.75, 3.05) is 26.3 Å². The molecule has 2 heterocycles. The summed E-state index contributed by atoms with van der Waals surface area (Å²) in [5.41, 5.74) is 0.468. The molecule has 19 heavy (non-hydrogen) atoms. The lowest BCUT2D eigenvalue weighted by Gasteiger charge is -2.36. The molecule has 0 aliphatic carbocycles. The highest BCUT2D eigenvalue weighted by atomic mass is 35.5. The summed E-state index contributed by atoms with van der Waals surface area (Å²) >= 11 is 13.0. The van der Waals surface area contributed by atoms with Crippen LogP contribution in [0.2, 0.25) is 8.67 Å².